The molecule has 3 rings (SSSR count). The van der Waals surface area contributed by atoms with Crippen molar-refractivity contribution in [3.63, 3.8) is 0 Å². The van der Waals surface area contributed by atoms with Crippen molar-refractivity contribution < 1.29 is 18.0 Å². The number of amides is 2. The normalized spacial score (nSPS) is 17.4. The number of urea groups is 1. The van der Waals surface area contributed by atoms with E-state index in [1.807, 2.05) is 0 Å². The molecule has 0 radical (unpaired) electrons. The van der Waals surface area contributed by atoms with Gasteiger partial charge in [0.15, 0.2) is 0 Å². The first-order chi connectivity index (χ1) is 10.9. The fraction of sp³-hybridized carbons (Fsp3) is 0.357. The summed E-state index contributed by atoms with van der Waals surface area (Å²) in [6.07, 6.45) is -0.694. The fourth-order valence-corrected chi connectivity index (χ4v) is 2.54. The van der Waals surface area contributed by atoms with Crippen LogP contribution in [0.15, 0.2) is 24.4 Å². The van der Waals surface area contributed by atoms with E-state index in [0.717, 1.165) is 30.2 Å². The summed E-state index contributed by atoms with van der Waals surface area (Å²) >= 11 is 0. The molecule has 2 aromatic rings. The van der Waals surface area contributed by atoms with Gasteiger partial charge in [-0.1, -0.05) is 6.07 Å². The molecule has 2 amide bonds. The lowest BCUT2D eigenvalue weighted by atomic mass is 9.94. The molecule has 3 N–H and O–H groups in total. The van der Waals surface area contributed by atoms with Gasteiger partial charge in [0.1, 0.15) is 11.5 Å². The topological polar surface area (TPSA) is 82.7 Å². The summed E-state index contributed by atoms with van der Waals surface area (Å²) in [7, 11) is 0. The molecule has 0 bridgehead atoms. The Labute approximate surface area is 129 Å². The number of aromatic nitrogens is 3. The van der Waals surface area contributed by atoms with Gasteiger partial charge in [-0.3, -0.25) is 10.4 Å². The standard InChI is InChI=1S/C14H14F3N5O/c15-14(16,17)11-2-1-3-12(20-11)21-13(23)19-9-4-5-10-8(6-9)7-18-22-10/h1-3,7,9H,4-6H2,(H,18,22)(H2,19,20,21,23). The lowest BCUT2D eigenvalue weighted by Crippen LogP contribution is -2.41. The monoisotopic (exact) mass is 325 g/mol. The van der Waals surface area contributed by atoms with E-state index >= 15 is 0 Å². The van der Waals surface area contributed by atoms with Gasteiger partial charge < -0.3 is 5.32 Å². The summed E-state index contributed by atoms with van der Waals surface area (Å²) < 4.78 is 37.8. The number of nitrogens with zero attached hydrogens (tertiary/aromatic N) is 2. The number of aromatic amines is 1. The summed E-state index contributed by atoms with van der Waals surface area (Å²) in [6, 6.07) is 2.69. The summed E-state index contributed by atoms with van der Waals surface area (Å²) in [5.74, 6) is -0.142. The number of hydrogen-bond acceptors (Lipinski definition) is 3. The number of hydrogen-bond donors (Lipinski definition) is 3. The largest absolute Gasteiger partial charge is 0.433 e. The van der Waals surface area contributed by atoms with Crippen molar-refractivity contribution >= 4 is 11.8 Å². The highest BCUT2D eigenvalue weighted by Gasteiger charge is 2.32. The quantitative estimate of drug-likeness (QED) is 0.793. The van der Waals surface area contributed by atoms with Crippen LogP contribution in [0.3, 0.4) is 0 Å². The third-order valence-electron chi connectivity index (χ3n) is 3.63. The highest BCUT2D eigenvalue weighted by atomic mass is 19.4. The number of carbonyl (C=O) groups is 1. The summed E-state index contributed by atoms with van der Waals surface area (Å²) in [5.41, 5.74) is 1.05. The smallest absolute Gasteiger partial charge is 0.335 e. The van der Waals surface area contributed by atoms with Crippen LogP contribution in [0.1, 0.15) is 23.4 Å². The van der Waals surface area contributed by atoms with Crippen LogP contribution < -0.4 is 10.6 Å². The van der Waals surface area contributed by atoms with Gasteiger partial charge >= 0.3 is 12.2 Å². The molecular weight excluding hydrogens is 311 g/mol. The molecule has 0 saturated carbocycles. The van der Waals surface area contributed by atoms with Gasteiger partial charge in [0, 0.05) is 11.7 Å². The van der Waals surface area contributed by atoms with Crippen LogP contribution in [0.2, 0.25) is 0 Å². The molecule has 2 aromatic heterocycles. The SMILES string of the molecule is O=C(Nc1cccc(C(F)(F)F)n1)NC1CCc2[nH]ncc2C1. The maximum Gasteiger partial charge on any atom is 0.433 e. The fourth-order valence-electron chi connectivity index (χ4n) is 2.54. The average molecular weight is 325 g/mol. The Balaban J connectivity index is 1.60. The molecule has 1 atom stereocenters. The van der Waals surface area contributed by atoms with E-state index in [2.05, 4.69) is 25.8 Å². The number of H-pyrrole nitrogens is 1. The third kappa shape index (κ3) is 3.61. The van der Waals surface area contributed by atoms with Crippen molar-refractivity contribution in [1.29, 1.82) is 0 Å². The van der Waals surface area contributed by atoms with Crippen molar-refractivity contribution in [1.82, 2.24) is 20.5 Å². The number of pyridine rings is 1. The summed E-state index contributed by atoms with van der Waals surface area (Å²) in [5, 5.41) is 11.9. The average Bonchev–Trinajstić information content (AvgIpc) is 2.94. The van der Waals surface area contributed by atoms with Crippen molar-refractivity contribution in [2.24, 2.45) is 0 Å². The van der Waals surface area contributed by atoms with Gasteiger partial charge in [-0.05, 0) is 37.0 Å². The maximum atomic E-state index is 12.6. The number of nitrogens with one attached hydrogen (secondary N) is 3. The molecular formula is C14H14F3N5O. The predicted octanol–water partition coefficient (Wildman–Crippen LogP) is 2.50. The second-order valence-electron chi connectivity index (χ2n) is 5.32. The van der Waals surface area contributed by atoms with Crippen molar-refractivity contribution in [2.75, 3.05) is 5.32 Å². The lowest BCUT2D eigenvalue weighted by molar-refractivity contribution is -0.141. The van der Waals surface area contributed by atoms with Gasteiger partial charge in [0.05, 0.1) is 6.20 Å². The molecule has 1 aliphatic carbocycles. The summed E-state index contributed by atoms with van der Waals surface area (Å²) in [6.45, 7) is 0. The van der Waals surface area contributed by atoms with Crippen LogP contribution in [0.5, 0.6) is 0 Å². The van der Waals surface area contributed by atoms with Gasteiger partial charge in [-0.2, -0.15) is 18.3 Å². The number of fused-ring (bicyclic) bond motifs is 1. The van der Waals surface area contributed by atoms with Crippen LogP contribution in [0.4, 0.5) is 23.8 Å². The molecule has 122 valence electrons. The lowest BCUT2D eigenvalue weighted by Gasteiger charge is -2.22. The van der Waals surface area contributed by atoms with Crippen molar-refractivity contribution in [3.05, 3.63) is 41.3 Å². The maximum absolute atomic E-state index is 12.6. The van der Waals surface area contributed by atoms with Crippen LogP contribution in [0, 0.1) is 0 Å². The number of anilines is 1. The molecule has 0 aliphatic heterocycles. The molecule has 0 fully saturated rings. The van der Waals surface area contributed by atoms with Gasteiger partial charge in [0.2, 0.25) is 0 Å². The molecule has 23 heavy (non-hydrogen) atoms. The molecule has 0 aromatic carbocycles. The first kappa shape index (κ1) is 15.3. The molecule has 0 spiro atoms. The zero-order chi connectivity index (χ0) is 16.4. The molecule has 1 aliphatic rings. The van der Waals surface area contributed by atoms with Gasteiger partial charge in [0.25, 0.3) is 0 Å². The molecule has 2 heterocycles. The first-order valence-electron chi connectivity index (χ1n) is 7.05. The number of carbonyl (C=O) groups excluding carboxylic acids is 1. The number of rotatable bonds is 2. The molecule has 9 heteroatoms. The van der Waals surface area contributed by atoms with Crippen molar-refractivity contribution in [3.8, 4) is 0 Å². The van der Waals surface area contributed by atoms with Gasteiger partial charge in [-0.25, -0.2) is 9.78 Å². The minimum Gasteiger partial charge on any atom is -0.335 e. The Morgan fingerprint density at radius 2 is 2.17 bits per heavy atom. The highest BCUT2D eigenvalue weighted by molar-refractivity contribution is 5.88. The van der Waals surface area contributed by atoms with E-state index in [1.165, 1.54) is 12.1 Å². The summed E-state index contributed by atoms with van der Waals surface area (Å²) in [4.78, 5) is 15.3. The molecule has 6 nitrogen and oxygen atoms in total. The van der Waals surface area contributed by atoms with Crippen LogP contribution in [0.25, 0.3) is 0 Å². The van der Waals surface area contributed by atoms with E-state index in [0.29, 0.717) is 6.42 Å². The first-order valence-corrected chi connectivity index (χ1v) is 7.05. The predicted molar refractivity (Wildman–Crippen MR) is 75.8 cm³/mol. The Hall–Kier alpha value is -2.58. The van der Waals surface area contributed by atoms with Crippen LogP contribution in [-0.4, -0.2) is 27.3 Å². The minimum atomic E-state index is -4.55. The number of alkyl halides is 3. The van der Waals surface area contributed by atoms with E-state index in [9.17, 15) is 18.0 Å². The Morgan fingerprint density at radius 1 is 1.35 bits per heavy atom. The van der Waals surface area contributed by atoms with Gasteiger partial charge in [-0.15, -0.1) is 0 Å². The number of halogens is 3. The van der Waals surface area contributed by atoms with E-state index in [1.54, 1.807) is 6.20 Å². The van der Waals surface area contributed by atoms with Crippen LogP contribution in [-0.2, 0) is 19.0 Å². The van der Waals surface area contributed by atoms with Crippen molar-refractivity contribution in [2.45, 2.75) is 31.5 Å². The molecule has 1 unspecified atom stereocenters. The number of aryl methyl sites for hydroxylation is 1. The van der Waals surface area contributed by atoms with E-state index in [4.69, 9.17) is 0 Å². The highest BCUT2D eigenvalue weighted by Crippen LogP contribution is 2.28. The zero-order valence-corrected chi connectivity index (χ0v) is 11.9. The van der Waals surface area contributed by atoms with E-state index < -0.39 is 17.9 Å². The second kappa shape index (κ2) is 5.90. The Morgan fingerprint density at radius 3 is 2.96 bits per heavy atom. The molecule has 0 saturated heterocycles. The Bertz CT molecular complexity index is 712. The third-order valence-corrected chi connectivity index (χ3v) is 3.63. The Kier molecular flexibility index (Phi) is 3.93. The second-order valence-corrected chi connectivity index (χ2v) is 5.32. The van der Waals surface area contributed by atoms with Crippen LogP contribution >= 0.6 is 0 Å². The minimum absolute atomic E-state index is 0.0918. The van der Waals surface area contributed by atoms with E-state index in [-0.39, 0.29) is 11.9 Å². The zero-order valence-electron chi connectivity index (χ0n) is 11.9.